The van der Waals surface area contributed by atoms with Gasteiger partial charge in [0.2, 0.25) is 5.95 Å². The maximum Gasteiger partial charge on any atom is 0.227 e. The van der Waals surface area contributed by atoms with Crippen LogP contribution in [-0.4, -0.2) is 47.6 Å². The first kappa shape index (κ1) is 18.6. The molecular weight excluding hydrogens is 322 g/mol. The van der Waals surface area contributed by atoms with Crippen LogP contribution in [0, 0.1) is 13.8 Å². The van der Waals surface area contributed by atoms with E-state index < -0.39 is 0 Å². The van der Waals surface area contributed by atoms with E-state index in [1.165, 1.54) is 16.8 Å². The average molecular weight is 354 g/mol. The number of hydrogen-bond donors (Lipinski definition) is 1. The van der Waals surface area contributed by atoms with E-state index in [4.69, 9.17) is 4.98 Å². The van der Waals surface area contributed by atoms with Gasteiger partial charge in [0.15, 0.2) is 0 Å². The lowest BCUT2D eigenvalue weighted by molar-refractivity contribution is 0.270. The van der Waals surface area contributed by atoms with E-state index in [0.29, 0.717) is 5.92 Å². The molecule has 2 heterocycles. The smallest absolute Gasteiger partial charge is 0.227 e. The molecule has 0 amide bonds. The van der Waals surface area contributed by atoms with Crippen molar-refractivity contribution in [3.8, 4) is 0 Å². The first-order valence-corrected chi connectivity index (χ1v) is 9.67. The van der Waals surface area contributed by atoms with Crippen molar-refractivity contribution in [2.24, 2.45) is 0 Å². The highest BCUT2D eigenvalue weighted by atomic mass is 15.3. The van der Waals surface area contributed by atoms with E-state index in [2.05, 4.69) is 66.0 Å². The van der Waals surface area contributed by atoms with Crippen molar-refractivity contribution in [2.45, 2.75) is 40.5 Å². The van der Waals surface area contributed by atoms with Gasteiger partial charge in [0, 0.05) is 43.6 Å². The Morgan fingerprint density at radius 3 is 2.46 bits per heavy atom. The Morgan fingerprint density at radius 2 is 1.81 bits per heavy atom. The quantitative estimate of drug-likeness (QED) is 0.877. The lowest BCUT2D eigenvalue weighted by Gasteiger charge is -2.34. The van der Waals surface area contributed by atoms with Crippen LogP contribution in [0.15, 0.2) is 24.3 Å². The van der Waals surface area contributed by atoms with Gasteiger partial charge in [0.1, 0.15) is 5.82 Å². The molecule has 1 saturated heterocycles. The molecule has 2 aromatic rings. The van der Waals surface area contributed by atoms with Gasteiger partial charge in [-0.2, -0.15) is 4.98 Å². The standard InChI is InChI=1S/C21H31N5/c1-6-25-10-12-26(13-11-25)21-22-17(5)14-19(24-21)23-20-16(4)8-7-9-18(20)15(2)3/h7-9,14-15H,6,10-13H2,1-5H3,(H,22,23,24). The van der Waals surface area contributed by atoms with Gasteiger partial charge in [0.25, 0.3) is 0 Å². The Bertz CT molecular complexity index is 748. The molecule has 1 fully saturated rings. The molecular formula is C21H31N5. The molecule has 1 aromatic heterocycles. The highest BCUT2D eigenvalue weighted by Crippen LogP contribution is 2.30. The zero-order chi connectivity index (χ0) is 18.7. The molecule has 0 unspecified atom stereocenters. The van der Waals surface area contributed by atoms with Crippen LogP contribution < -0.4 is 10.2 Å². The van der Waals surface area contributed by atoms with Crippen LogP contribution in [0.5, 0.6) is 0 Å². The summed E-state index contributed by atoms with van der Waals surface area (Å²) in [6.07, 6.45) is 0. The number of benzene rings is 1. The summed E-state index contributed by atoms with van der Waals surface area (Å²) in [5, 5.41) is 3.57. The predicted molar refractivity (Wildman–Crippen MR) is 110 cm³/mol. The molecule has 1 aliphatic rings. The number of nitrogens with zero attached hydrogens (tertiary/aromatic N) is 4. The second kappa shape index (κ2) is 8.04. The van der Waals surface area contributed by atoms with Crippen LogP contribution in [0.1, 0.15) is 43.5 Å². The SMILES string of the molecule is CCN1CCN(c2nc(C)cc(Nc3c(C)cccc3C(C)C)n2)CC1. The topological polar surface area (TPSA) is 44.3 Å². The third-order valence-corrected chi connectivity index (χ3v) is 5.12. The van der Waals surface area contributed by atoms with Gasteiger partial charge < -0.3 is 15.1 Å². The van der Waals surface area contributed by atoms with Crippen LogP contribution in [0.3, 0.4) is 0 Å². The number of aryl methyl sites for hydroxylation is 2. The molecule has 3 rings (SSSR count). The summed E-state index contributed by atoms with van der Waals surface area (Å²) < 4.78 is 0. The number of anilines is 3. The molecule has 0 radical (unpaired) electrons. The van der Waals surface area contributed by atoms with E-state index in [-0.39, 0.29) is 0 Å². The second-order valence-electron chi connectivity index (χ2n) is 7.43. The molecule has 5 heteroatoms. The van der Waals surface area contributed by atoms with Crippen molar-refractivity contribution < 1.29 is 0 Å². The van der Waals surface area contributed by atoms with Crippen LogP contribution in [0.4, 0.5) is 17.5 Å². The van der Waals surface area contributed by atoms with Crippen LogP contribution in [0.25, 0.3) is 0 Å². The Hall–Kier alpha value is -2.14. The third kappa shape index (κ3) is 4.15. The molecule has 1 N–H and O–H groups in total. The summed E-state index contributed by atoms with van der Waals surface area (Å²) in [4.78, 5) is 14.3. The monoisotopic (exact) mass is 353 g/mol. The van der Waals surface area contributed by atoms with Crippen molar-refractivity contribution in [3.05, 3.63) is 41.1 Å². The van der Waals surface area contributed by atoms with Crippen molar-refractivity contribution in [1.82, 2.24) is 14.9 Å². The zero-order valence-corrected chi connectivity index (χ0v) is 16.7. The molecule has 1 aromatic carbocycles. The van der Waals surface area contributed by atoms with E-state index in [0.717, 1.165) is 50.2 Å². The Morgan fingerprint density at radius 1 is 1.08 bits per heavy atom. The molecule has 5 nitrogen and oxygen atoms in total. The molecule has 26 heavy (non-hydrogen) atoms. The molecule has 0 bridgehead atoms. The number of para-hydroxylation sites is 1. The minimum Gasteiger partial charge on any atom is -0.340 e. The summed E-state index contributed by atoms with van der Waals surface area (Å²) in [5.41, 5.74) is 4.72. The fraction of sp³-hybridized carbons (Fsp3) is 0.524. The largest absolute Gasteiger partial charge is 0.340 e. The van der Waals surface area contributed by atoms with E-state index in [1.807, 2.05) is 13.0 Å². The summed E-state index contributed by atoms with van der Waals surface area (Å²) in [7, 11) is 0. The summed E-state index contributed by atoms with van der Waals surface area (Å²) in [6.45, 7) is 16.1. The van der Waals surface area contributed by atoms with Crippen molar-refractivity contribution >= 4 is 17.5 Å². The Kier molecular flexibility index (Phi) is 5.77. The number of hydrogen-bond acceptors (Lipinski definition) is 5. The number of nitrogens with one attached hydrogen (secondary N) is 1. The highest BCUT2D eigenvalue weighted by Gasteiger charge is 2.19. The predicted octanol–water partition coefficient (Wildman–Crippen LogP) is 4.10. The van der Waals surface area contributed by atoms with Gasteiger partial charge in [-0.05, 0) is 37.4 Å². The molecule has 0 atom stereocenters. The summed E-state index contributed by atoms with van der Waals surface area (Å²) >= 11 is 0. The Labute approximate surface area is 157 Å². The van der Waals surface area contributed by atoms with Gasteiger partial charge in [-0.15, -0.1) is 0 Å². The normalized spacial score (nSPS) is 15.5. The number of likely N-dealkylation sites (N-methyl/N-ethyl adjacent to an activating group) is 1. The number of rotatable bonds is 5. The minimum absolute atomic E-state index is 0.460. The Balaban J connectivity index is 1.85. The molecule has 0 spiro atoms. The fourth-order valence-corrected chi connectivity index (χ4v) is 3.49. The summed E-state index contributed by atoms with van der Waals surface area (Å²) in [5.74, 6) is 2.17. The van der Waals surface area contributed by atoms with Crippen molar-refractivity contribution in [1.29, 1.82) is 0 Å². The maximum atomic E-state index is 4.83. The lowest BCUT2D eigenvalue weighted by Crippen LogP contribution is -2.46. The van der Waals surface area contributed by atoms with Gasteiger partial charge in [-0.25, -0.2) is 4.98 Å². The number of aromatic nitrogens is 2. The fourth-order valence-electron chi connectivity index (χ4n) is 3.49. The van der Waals surface area contributed by atoms with Gasteiger partial charge in [-0.3, -0.25) is 0 Å². The lowest BCUT2D eigenvalue weighted by atomic mass is 9.98. The van der Waals surface area contributed by atoms with E-state index in [1.54, 1.807) is 0 Å². The molecule has 1 aliphatic heterocycles. The van der Waals surface area contributed by atoms with Crippen LogP contribution in [-0.2, 0) is 0 Å². The van der Waals surface area contributed by atoms with E-state index >= 15 is 0 Å². The minimum atomic E-state index is 0.460. The molecule has 0 saturated carbocycles. The van der Waals surface area contributed by atoms with Gasteiger partial charge in [-0.1, -0.05) is 39.0 Å². The second-order valence-corrected chi connectivity index (χ2v) is 7.43. The average Bonchev–Trinajstić information content (AvgIpc) is 2.63. The zero-order valence-electron chi connectivity index (χ0n) is 16.7. The molecule has 0 aliphatic carbocycles. The van der Waals surface area contributed by atoms with Gasteiger partial charge in [0.05, 0.1) is 0 Å². The van der Waals surface area contributed by atoms with Gasteiger partial charge >= 0.3 is 0 Å². The first-order chi connectivity index (χ1) is 12.5. The van der Waals surface area contributed by atoms with Crippen LogP contribution in [0.2, 0.25) is 0 Å². The highest BCUT2D eigenvalue weighted by molar-refractivity contribution is 5.66. The maximum absolute atomic E-state index is 4.83. The van der Waals surface area contributed by atoms with Crippen molar-refractivity contribution in [3.63, 3.8) is 0 Å². The van der Waals surface area contributed by atoms with E-state index in [9.17, 15) is 0 Å². The van der Waals surface area contributed by atoms with Crippen LogP contribution >= 0.6 is 0 Å². The third-order valence-electron chi connectivity index (χ3n) is 5.12. The summed E-state index contributed by atoms with van der Waals surface area (Å²) in [6, 6.07) is 8.49. The first-order valence-electron chi connectivity index (χ1n) is 9.67. The van der Waals surface area contributed by atoms with Crippen molar-refractivity contribution in [2.75, 3.05) is 42.9 Å². The number of piperazine rings is 1. The molecule has 140 valence electrons.